The predicted octanol–water partition coefficient (Wildman–Crippen LogP) is 4.09. The molecule has 0 saturated carbocycles. The Hall–Kier alpha value is -2.56. The maximum atomic E-state index is 12.8. The zero-order chi connectivity index (χ0) is 18.1. The van der Waals surface area contributed by atoms with Gasteiger partial charge in [-0.2, -0.15) is 5.10 Å². The lowest BCUT2D eigenvalue weighted by Crippen LogP contribution is -2.28. The number of hydrogen-bond donors (Lipinski definition) is 1. The van der Waals surface area contributed by atoms with Crippen molar-refractivity contribution in [2.75, 3.05) is 13.6 Å². The van der Waals surface area contributed by atoms with Crippen molar-refractivity contribution in [1.29, 1.82) is 0 Å². The third-order valence-corrected chi connectivity index (χ3v) is 4.84. The van der Waals surface area contributed by atoms with Crippen LogP contribution in [-0.4, -0.2) is 34.6 Å². The number of hydrogen-bond acceptors (Lipinski definition) is 3. The fourth-order valence-corrected chi connectivity index (χ4v) is 3.25. The van der Waals surface area contributed by atoms with E-state index in [4.69, 9.17) is 4.42 Å². The number of benzene rings is 1. The van der Waals surface area contributed by atoms with E-state index in [1.807, 2.05) is 52.9 Å². The third kappa shape index (κ3) is 3.31. The Bertz CT molecular complexity index is 901. The van der Waals surface area contributed by atoms with Crippen LogP contribution in [-0.2, 0) is 6.42 Å². The van der Waals surface area contributed by atoms with Crippen LogP contribution in [0.15, 0.2) is 22.6 Å². The summed E-state index contributed by atoms with van der Waals surface area (Å²) >= 11 is 0. The first-order chi connectivity index (χ1) is 11.9. The first-order valence-electron chi connectivity index (χ1n) is 8.64. The molecule has 3 aromatic rings. The first-order valence-corrected chi connectivity index (χ1v) is 8.64. The number of rotatable bonds is 5. The van der Waals surface area contributed by atoms with Crippen LogP contribution in [0.2, 0.25) is 0 Å². The van der Waals surface area contributed by atoms with Crippen molar-refractivity contribution in [3.63, 3.8) is 0 Å². The minimum Gasteiger partial charge on any atom is -0.451 e. The van der Waals surface area contributed by atoms with Gasteiger partial charge in [0.05, 0.1) is 5.69 Å². The highest BCUT2D eigenvalue weighted by Crippen LogP contribution is 2.27. The van der Waals surface area contributed by atoms with Gasteiger partial charge in [0.25, 0.3) is 5.91 Å². The van der Waals surface area contributed by atoms with E-state index in [0.717, 1.165) is 46.3 Å². The molecule has 0 spiro atoms. The van der Waals surface area contributed by atoms with Gasteiger partial charge in [0, 0.05) is 30.2 Å². The van der Waals surface area contributed by atoms with Crippen molar-refractivity contribution in [3.8, 4) is 0 Å². The van der Waals surface area contributed by atoms with Gasteiger partial charge in [-0.1, -0.05) is 12.1 Å². The van der Waals surface area contributed by atoms with Crippen molar-refractivity contribution in [3.05, 3.63) is 52.0 Å². The van der Waals surface area contributed by atoms with E-state index >= 15 is 0 Å². The molecule has 132 valence electrons. The van der Waals surface area contributed by atoms with Crippen LogP contribution in [0.1, 0.15) is 45.1 Å². The molecule has 0 unspecified atom stereocenters. The number of fused-ring (bicyclic) bond motifs is 1. The molecule has 3 rings (SSSR count). The molecule has 1 amide bonds. The molecule has 0 bridgehead atoms. The van der Waals surface area contributed by atoms with Gasteiger partial charge in [-0.15, -0.1) is 0 Å². The van der Waals surface area contributed by atoms with Gasteiger partial charge in [-0.3, -0.25) is 9.89 Å². The summed E-state index contributed by atoms with van der Waals surface area (Å²) in [5.74, 6) is 0.380. The van der Waals surface area contributed by atoms with Crippen molar-refractivity contribution in [2.45, 2.75) is 40.5 Å². The van der Waals surface area contributed by atoms with Crippen LogP contribution in [0, 0.1) is 27.7 Å². The van der Waals surface area contributed by atoms with Crippen LogP contribution >= 0.6 is 0 Å². The standard InChI is InChI=1S/C20H25N3O2/c1-12-8-9-16-13(2)19(25-18(16)11-12)20(24)23(5)10-6-7-17-14(3)21-22-15(17)4/h8-9,11H,6-7,10H2,1-5H3,(H,21,22). The summed E-state index contributed by atoms with van der Waals surface area (Å²) in [6.07, 6.45) is 1.80. The van der Waals surface area contributed by atoms with Crippen LogP contribution in [0.4, 0.5) is 0 Å². The van der Waals surface area contributed by atoms with E-state index in [9.17, 15) is 4.79 Å². The maximum absolute atomic E-state index is 12.8. The molecular weight excluding hydrogens is 314 g/mol. The molecule has 2 aromatic heterocycles. The number of amides is 1. The van der Waals surface area contributed by atoms with E-state index in [0.29, 0.717) is 12.3 Å². The summed E-state index contributed by atoms with van der Waals surface area (Å²) in [6.45, 7) is 8.68. The van der Waals surface area contributed by atoms with Crippen molar-refractivity contribution in [1.82, 2.24) is 15.1 Å². The zero-order valence-electron chi connectivity index (χ0n) is 15.6. The highest BCUT2D eigenvalue weighted by atomic mass is 16.3. The second kappa shape index (κ2) is 6.75. The fourth-order valence-electron chi connectivity index (χ4n) is 3.25. The van der Waals surface area contributed by atoms with E-state index < -0.39 is 0 Å². The van der Waals surface area contributed by atoms with Gasteiger partial charge < -0.3 is 9.32 Å². The minimum absolute atomic E-state index is 0.0630. The number of aryl methyl sites for hydroxylation is 4. The molecule has 0 radical (unpaired) electrons. The van der Waals surface area contributed by atoms with E-state index in [1.165, 1.54) is 5.56 Å². The molecule has 1 N–H and O–H groups in total. The van der Waals surface area contributed by atoms with Crippen molar-refractivity contribution in [2.24, 2.45) is 0 Å². The van der Waals surface area contributed by atoms with Gasteiger partial charge in [-0.25, -0.2) is 0 Å². The maximum Gasteiger partial charge on any atom is 0.289 e. The normalized spacial score (nSPS) is 11.2. The molecule has 5 heteroatoms. The summed E-state index contributed by atoms with van der Waals surface area (Å²) in [6, 6.07) is 6.03. The van der Waals surface area contributed by atoms with Crippen LogP contribution < -0.4 is 0 Å². The summed E-state index contributed by atoms with van der Waals surface area (Å²) in [4.78, 5) is 14.5. The number of carbonyl (C=O) groups is 1. The Labute approximate surface area is 148 Å². The lowest BCUT2D eigenvalue weighted by atomic mass is 10.1. The second-order valence-electron chi connectivity index (χ2n) is 6.80. The Balaban J connectivity index is 1.69. The number of nitrogens with one attached hydrogen (secondary N) is 1. The van der Waals surface area contributed by atoms with Gasteiger partial charge in [-0.05, 0) is 57.7 Å². The molecule has 1 aromatic carbocycles. The number of carbonyl (C=O) groups excluding carboxylic acids is 1. The monoisotopic (exact) mass is 339 g/mol. The molecule has 0 aliphatic heterocycles. The molecule has 0 aliphatic carbocycles. The number of nitrogens with zero attached hydrogens (tertiary/aromatic N) is 2. The zero-order valence-corrected chi connectivity index (χ0v) is 15.6. The van der Waals surface area contributed by atoms with Crippen molar-refractivity contribution >= 4 is 16.9 Å². The summed E-state index contributed by atoms with van der Waals surface area (Å²) in [7, 11) is 1.83. The SMILES string of the molecule is Cc1ccc2c(C)c(C(=O)N(C)CCCc3c(C)n[nH]c3C)oc2c1. The van der Waals surface area contributed by atoms with E-state index in [1.54, 1.807) is 4.90 Å². The quantitative estimate of drug-likeness (QED) is 0.761. The highest BCUT2D eigenvalue weighted by molar-refractivity contribution is 5.98. The summed E-state index contributed by atoms with van der Waals surface area (Å²) < 4.78 is 5.85. The number of furan rings is 1. The van der Waals surface area contributed by atoms with Crippen LogP contribution in [0.3, 0.4) is 0 Å². The molecule has 0 atom stereocenters. The molecule has 0 fully saturated rings. The number of aromatic nitrogens is 2. The van der Waals surface area contributed by atoms with E-state index in [-0.39, 0.29) is 5.91 Å². The van der Waals surface area contributed by atoms with Gasteiger partial charge in [0.15, 0.2) is 5.76 Å². The summed E-state index contributed by atoms with van der Waals surface area (Å²) in [5, 5.41) is 8.23. The molecule has 2 heterocycles. The molecular formula is C20H25N3O2. The number of H-pyrrole nitrogens is 1. The van der Waals surface area contributed by atoms with Crippen LogP contribution in [0.25, 0.3) is 11.0 Å². The Kier molecular flexibility index (Phi) is 4.66. The fraction of sp³-hybridized carbons (Fsp3) is 0.400. The Morgan fingerprint density at radius 3 is 2.68 bits per heavy atom. The van der Waals surface area contributed by atoms with E-state index in [2.05, 4.69) is 10.2 Å². The smallest absolute Gasteiger partial charge is 0.289 e. The lowest BCUT2D eigenvalue weighted by molar-refractivity contribution is 0.0763. The highest BCUT2D eigenvalue weighted by Gasteiger charge is 2.21. The number of aromatic amines is 1. The molecule has 5 nitrogen and oxygen atoms in total. The topological polar surface area (TPSA) is 62.1 Å². The van der Waals surface area contributed by atoms with Gasteiger partial charge >= 0.3 is 0 Å². The third-order valence-electron chi connectivity index (χ3n) is 4.84. The summed E-state index contributed by atoms with van der Waals surface area (Å²) in [5.41, 5.74) is 6.20. The average molecular weight is 339 g/mol. The largest absolute Gasteiger partial charge is 0.451 e. The predicted molar refractivity (Wildman–Crippen MR) is 99.0 cm³/mol. The first kappa shape index (κ1) is 17.3. The molecule has 0 aliphatic rings. The average Bonchev–Trinajstić information content (AvgIpc) is 3.07. The van der Waals surface area contributed by atoms with Gasteiger partial charge in [0.1, 0.15) is 5.58 Å². The Morgan fingerprint density at radius 1 is 1.24 bits per heavy atom. The lowest BCUT2D eigenvalue weighted by Gasteiger charge is -2.16. The minimum atomic E-state index is -0.0630. The second-order valence-corrected chi connectivity index (χ2v) is 6.80. The molecule has 0 saturated heterocycles. The van der Waals surface area contributed by atoms with Gasteiger partial charge in [0.2, 0.25) is 0 Å². The molecule has 25 heavy (non-hydrogen) atoms. The van der Waals surface area contributed by atoms with Crippen LogP contribution in [0.5, 0.6) is 0 Å². The Morgan fingerprint density at radius 2 is 2.00 bits per heavy atom. The van der Waals surface area contributed by atoms with Crippen molar-refractivity contribution < 1.29 is 9.21 Å².